The van der Waals surface area contributed by atoms with E-state index in [1.807, 2.05) is 13.8 Å². The zero-order valence-electron chi connectivity index (χ0n) is 22.0. The lowest BCUT2D eigenvalue weighted by Gasteiger charge is -2.23. The number of nitrogens with zero attached hydrogens (tertiary/aromatic N) is 2. The third-order valence-electron chi connectivity index (χ3n) is 6.62. The molecule has 2 aliphatic heterocycles. The Bertz CT molecular complexity index is 1510. The van der Waals surface area contributed by atoms with E-state index in [0.29, 0.717) is 35.6 Å². The van der Waals surface area contributed by atoms with Crippen LogP contribution in [0.25, 0.3) is 5.76 Å². The first-order chi connectivity index (χ1) is 18.7. The summed E-state index contributed by atoms with van der Waals surface area (Å²) < 4.78 is 16.4. The number of anilines is 1. The second kappa shape index (κ2) is 10.5. The summed E-state index contributed by atoms with van der Waals surface area (Å²) in [6.45, 7) is 6.07. The number of ether oxygens (including phenoxy) is 3. The van der Waals surface area contributed by atoms with Gasteiger partial charge in [-0.15, -0.1) is 0 Å². The maximum Gasteiger partial charge on any atom is 0.350 e. The monoisotopic (exact) mass is 548 g/mol. The van der Waals surface area contributed by atoms with E-state index in [0.717, 1.165) is 29.1 Å². The highest BCUT2D eigenvalue weighted by atomic mass is 32.1. The first-order valence-corrected chi connectivity index (χ1v) is 13.4. The number of amides is 1. The van der Waals surface area contributed by atoms with Crippen molar-refractivity contribution in [1.29, 1.82) is 0 Å². The molecule has 5 rings (SSSR count). The van der Waals surface area contributed by atoms with Crippen molar-refractivity contribution in [2.24, 2.45) is 0 Å². The fraction of sp³-hybridized carbons (Fsp3) is 0.310. The van der Waals surface area contributed by atoms with Gasteiger partial charge in [0.2, 0.25) is 0 Å². The highest BCUT2D eigenvalue weighted by Gasteiger charge is 2.48. The van der Waals surface area contributed by atoms with E-state index < -0.39 is 23.7 Å². The largest absolute Gasteiger partial charge is 0.507 e. The van der Waals surface area contributed by atoms with Crippen molar-refractivity contribution in [2.45, 2.75) is 45.8 Å². The van der Waals surface area contributed by atoms with Crippen molar-refractivity contribution < 1.29 is 33.7 Å². The van der Waals surface area contributed by atoms with Gasteiger partial charge < -0.3 is 19.3 Å². The third-order valence-corrected chi connectivity index (χ3v) is 7.76. The van der Waals surface area contributed by atoms with Crippen molar-refractivity contribution in [3.8, 4) is 11.5 Å². The van der Waals surface area contributed by atoms with Crippen LogP contribution in [0.5, 0.6) is 11.5 Å². The number of esters is 1. The molecule has 1 fully saturated rings. The van der Waals surface area contributed by atoms with Crippen LogP contribution in [0.1, 0.15) is 58.4 Å². The van der Waals surface area contributed by atoms with Crippen LogP contribution in [0, 0.1) is 6.92 Å². The molecule has 0 unspecified atom stereocenters. The Morgan fingerprint density at radius 2 is 2.03 bits per heavy atom. The summed E-state index contributed by atoms with van der Waals surface area (Å²) in [5.41, 5.74) is 2.15. The lowest BCUT2D eigenvalue weighted by atomic mass is 9.94. The van der Waals surface area contributed by atoms with Crippen LogP contribution >= 0.6 is 11.3 Å². The van der Waals surface area contributed by atoms with Crippen molar-refractivity contribution in [2.75, 3.05) is 18.6 Å². The van der Waals surface area contributed by atoms with Crippen LogP contribution in [0.2, 0.25) is 0 Å². The summed E-state index contributed by atoms with van der Waals surface area (Å²) in [5.74, 6) is -1.31. The number of thiazole rings is 1. The average Bonchev–Trinajstić information content (AvgIpc) is 3.58. The van der Waals surface area contributed by atoms with Gasteiger partial charge in [-0.3, -0.25) is 14.5 Å². The molecule has 1 saturated heterocycles. The van der Waals surface area contributed by atoms with E-state index in [9.17, 15) is 19.5 Å². The SMILES string of the molecule is CCCOc1cccc([C@@H]2/C(=C(\O)c3ccc4c(c3)C[C@@H](C)O4)C(=O)C(=O)N2c2nc(C)c(C(=O)OC)s2)c1. The van der Waals surface area contributed by atoms with E-state index >= 15 is 0 Å². The van der Waals surface area contributed by atoms with Crippen molar-refractivity contribution in [3.63, 3.8) is 0 Å². The minimum Gasteiger partial charge on any atom is -0.507 e. The number of aliphatic hydroxyl groups is 1. The number of ketones is 1. The Morgan fingerprint density at radius 3 is 2.77 bits per heavy atom. The molecule has 1 N–H and O–H groups in total. The molecule has 2 atom stereocenters. The minimum absolute atomic E-state index is 0.00554. The zero-order valence-corrected chi connectivity index (χ0v) is 22.8. The van der Waals surface area contributed by atoms with E-state index in [4.69, 9.17) is 14.2 Å². The summed E-state index contributed by atoms with van der Waals surface area (Å²) in [7, 11) is 1.26. The standard InChI is InChI=1S/C29H28N2O7S/c1-5-11-37-20-8-6-7-17(14-20)23-22(24(32)18-9-10-21-19(13-18)12-15(2)38-21)25(33)27(34)31(23)29-30-16(3)26(39-29)28(35)36-4/h6-10,13-15,23,32H,5,11-12H2,1-4H3/b24-22+/t15-,23-/m1/s1. The molecule has 9 nitrogen and oxygen atoms in total. The third kappa shape index (κ3) is 4.76. The van der Waals surface area contributed by atoms with E-state index in [1.165, 1.54) is 12.0 Å². The van der Waals surface area contributed by atoms with Gasteiger partial charge in [0.15, 0.2) is 5.13 Å². The Kier molecular flexibility index (Phi) is 7.14. The molecule has 0 saturated carbocycles. The molecular formula is C29H28N2O7S. The highest BCUT2D eigenvalue weighted by Crippen LogP contribution is 2.45. The molecule has 1 amide bonds. The number of Topliss-reactive ketones (excluding diaryl/α,β-unsaturated/α-hetero) is 1. The van der Waals surface area contributed by atoms with Gasteiger partial charge in [-0.05, 0) is 61.7 Å². The predicted octanol–water partition coefficient (Wildman–Crippen LogP) is 4.98. The van der Waals surface area contributed by atoms with Crippen LogP contribution in [-0.2, 0) is 20.7 Å². The van der Waals surface area contributed by atoms with Crippen molar-refractivity contribution in [1.82, 2.24) is 4.98 Å². The van der Waals surface area contributed by atoms with Gasteiger partial charge in [0, 0.05) is 12.0 Å². The smallest absolute Gasteiger partial charge is 0.350 e. The lowest BCUT2D eigenvalue weighted by Crippen LogP contribution is -2.29. The fourth-order valence-electron chi connectivity index (χ4n) is 4.83. The molecule has 0 aliphatic carbocycles. The van der Waals surface area contributed by atoms with Gasteiger partial charge in [-0.1, -0.05) is 30.4 Å². The second-order valence-corrected chi connectivity index (χ2v) is 10.4. The average molecular weight is 549 g/mol. The number of aliphatic hydroxyl groups excluding tert-OH is 1. The van der Waals surface area contributed by atoms with Crippen LogP contribution in [0.4, 0.5) is 5.13 Å². The number of carbonyl (C=O) groups excluding carboxylic acids is 3. The molecule has 3 aromatic rings. The number of rotatable bonds is 7. The topological polar surface area (TPSA) is 115 Å². The normalized spacial score (nSPS) is 19.6. The van der Waals surface area contributed by atoms with Gasteiger partial charge >= 0.3 is 11.9 Å². The Morgan fingerprint density at radius 1 is 1.23 bits per heavy atom. The summed E-state index contributed by atoms with van der Waals surface area (Å²) in [6, 6.07) is 11.3. The summed E-state index contributed by atoms with van der Waals surface area (Å²) >= 11 is 0.953. The molecule has 1 aromatic heterocycles. The quantitative estimate of drug-likeness (QED) is 0.190. The van der Waals surface area contributed by atoms with Gasteiger partial charge in [-0.2, -0.15) is 0 Å². The summed E-state index contributed by atoms with van der Waals surface area (Å²) in [4.78, 5) is 45.2. The summed E-state index contributed by atoms with van der Waals surface area (Å²) in [6.07, 6.45) is 1.48. The predicted molar refractivity (Wildman–Crippen MR) is 145 cm³/mol. The molecular weight excluding hydrogens is 520 g/mol. The molecule has 3 heterocycles. The second-order valence-electron chi connectivity index (χ2n) is 9.45. The van der Waals surface area contributed by atoms with Crippen LogP contribution in [0.15, 0.2) is 48.0 Å². The van der Waals surface area contributed by atoms with Gasteiger partial charge in [0.05, 0.1) is 31.0 Å². The van der Waals surface area contributed by atoms with Crippen molar-refractivity contribution >= 4 is 39.9 Å². The van der Waals surface area contributed by atoms with Gasteiger partial charge in [0.1, 0.15) is 28.2 Å². The first kappa shape index (κ1) is 26.4. The number of hydrogen-bond acceptors (Lipinski definition) is 9. The number of methoxy groups -OCH3 is 1. The lowest BCUT2D eigenvalue weighted by molar-refractivity contribution is -0.132. The van der Waals surface area contributed by atoms with E-state index in [1.54, 1.807) is 49.4 Å². The maximum absolute atomic E-state index is 13.5. The maximum atomic E-state index is 13.5. The fourth-order valence-corrected chi connectivity index (χ4v) is 5.84. The van der Waals surface area contributed by atoms with E-state index in [-0.39, 0.29) is 27.4 Å². The molecule has 202 valence electrons. The number of hydrogen-bond donors (Lipinski definition) is 1. The zero-order chi connectivity index (χ0) is 27.8. The number of fused-ring (bicyclic) bond motifs is 1. The highest BCUT2D eigenvalue weighted by molar-refractivity contribution is 7.17. The molecule has 0 spiro atoms. The Hall–Kier alpha value is -4.18. The molecule has 10 heteroatoms. The minimum atomic E-state index is -1.00. The Labute approximate surface area is 229 Å². The summed E-state index contributed by atoms with van der Waals surface area (Å²) in [5, 5.41) is 11.7. The number of benzene rings is 2. The van der Waals surface area contributed by atoms with Crippen LogP contribution in [0.3, 0.4) is 0 Å². The molecule has 2 aliphatic rings. The van der Waals surface area contributed by atoms with Crippen molar-refractivity contribution in [3.05, 3.63) is 75.3 Å². The number of aryl methyl sites for hydroxylation is 1. The molecule has 39 heavy (non-hydrogen) atoms. The van der Waals surface area contributed by atoms with E-state index in [2.05, 4.69) is 4.98 Å². The van der Waals surface area contributed by atoms with Crippen LogP contribution in [-0.4, -0.2) is 47.6 Å². The van der Waals surface area contributed by atoms with Gasteiger partial charge in [-0.25, -0.2) is 9.78 Å². The number of carbonyl (C=O) groups is 3. The molecule has 0 radical (unpaired) electrons. The first-order valence-electron chi connectivity index (χ1n) is 12.6. The Balaban J connectivity index is 1.67. The molecule has 2 aromatic carbocycles. The van der Waals surface area contributed by atoms with Gasteiger partial charge in [0.25, 0.3) is 5.78 Å². The number of aromatic nitrogens is 1. The molecule has 0 bridgehead atoms. The van der Waals surface area contributed by atoms with Crippen LogP contribution < -0.4 is 14.4 Å².